The van der Waals surface area contributed by atoms with Gasteiger partial charge >= 0.3 is 0 Å². The summed E-state index contributed by atoms with van der Waals surface area (Å²) in [6.45, 7) is 1.11. The molecule has 0 aromatic carbocycles. The zero-order chi connectivity index (χ0) is 15.4. The predicted octanol–water partition coefficient (Wildman–Crippen LogP) is -0.504. The van der Waals surface area contributed by atoms with Crippen molar-refractivity contribution < 1.29 is 34.3 Å². The van der Waals surface area contributed by atoms with Crippen molar-refractivity contribution in [1.82, 2.24) is 0 Å². The first-order valence-corrected chi connectivity index (χ1v) is 6.91. The highest BCUT2D eigenvalue weighted by molar-refractivity contribution is 7.71. The van der Waals surface area contributed by atoms with Crippen LogP contribution in [0.15, 0.2) is 16.7 Å². The third kappa shape index (κ3) is 1.95. The van der Waals surface area contributed by atoms with E-state index in [1.165, 1.54) is 12.3 Å². The normalized spacial score (nSPS) is 41.5. The van der Waals surface area contributed by atoms with Gasteiger partial charge in [-0.1, -0.05) is 12.2 Å². The monoisotopic (exact) mass is 316 g/mol. The van der Waals surface area contributed by atoms with Crippen molar-refractivity contribution in [3.8, 4) is 5.75 Å². The summed E-state index contributed by atoms with van der Waals surface area (Å²) in [5.74, 6) is -0.163. The van der Waals surface area contributed by atoms with E-state index in [2.05, 4.69) is 0 Å². The molecule has 7 nitrogen and oxygen atoms in total. The van der Waals surface area contributed by atoms with Crippen molar-refractivity contribution in [1.29, 1.82) is 0 Å². The number of hydrogen-bond acceptors (Lipinski definition) is 8. The Morgan fingerprint density at radius 3 is 2.62 bits per heavy atom. The SMILES string of the molecule is Cc1occc(=S)c1OC1OC2(CO)C(O)C(O)C2C1O. The van der Waals surface area contributed by atoms with Crippen LogP contribution in [0.3, 0.4) is 0 Å². The van der Waals surface area contributed by atoms with Crippen LogP contribution in [-0.2, 0) is 4.74 Å². The van der Waals surface area contributed by atoms with E-state index in [1.807, 2.05) is 0 Å². The maximum atomic E-state index is 10.2. The fraction of sp³-hybridized carbons (Fsp3) is 0.615. The fourth-order valence-corrected chi connectivity index (χ4v) is 3.28. The second kappa shape index (κ2) is 5.01. The molecule has 21 heavy (non-hydrogen) atoms. The van der Waals surface area contributed by atoms with E-state index in [4.69, 9.17) is 26.1 Å². The maximum Gasteiger partial charge on any atom is 0.227 e. The molecule has 0 spiro atoms. The summed E-state index contributed by atoms with van der Waals surface area (Å²) in [5, 5.41) is 39.2. The molecule has 2 heterocycles. The van der Waals surface area contributed by atoms with E-state index in [0.717, 1.165) is 0 Å². The summed E-state index contributed by atoms with van der Waals surface area (Å²) in [5.41, 5.74) is -1.41. The Hall–Kier alpha value is -1.03. The summed E-state index contributed by atoms with van der Waals surface area (Å²) in [7, 11) is 0. The zero-order valence-electron chi connectivity index (χ0n) is 11.2. The van der Waals surface area contributed by atoms with Gasteiger partial charge in [-0.05, 0) is 13.0 Å². The summed E-state index contributed by atoms with van der Waals surface area (Å²) in [4.78, 5) is 0. The van der Waals surface area contributed by atoms with E-state index >= 15 is 0 Å². The minimum Gasteiger partial charge on any atom is -0.466 e. The van der Waals surface area contributed by atoms with E-state index < -0.39 is 42.7 Å². The summed E-state index contributed by atoms with van der Waals surface area (Å²) < 4.78 is 16.6. The Labute approximate surface area is 125 Å². The van der Waals surface area contributed by atoms with Gasteiger partial charge in [0.1, 0.15) is 23.6 Å². The highest BCUT2D eigenvalue weighted by Gasteiger charge is 2.72. The molecule has 8 heteroatoms. The van der Waals surface area contributed by atoms with Gasteiger partial charge in [0.15, 0.2) is 5.75 Å². The van der Waals surface area contributed by atoms with Crippen molar-refractivity contribution >= 4 is 12.2 Å². The van der Waals surface area contributed by atoms with Crippen LogP contribution in [0.4, 0.5) is 0 Å². The van der Waals surface area contributed by atoms with Gasteiger partial charge < -0.3 is 34.3 Å². The van der Waals surface area contributed by atoms with Crippen LogP contribution in [-0.4, -0.2) is 57.2 Å². The Balaban J connectivity index is 1.87. The molecule has 0 bridgehead atoms. The molecule has 1 aromatic rings. The van der Waals surface area contributed by atoms with Gasteiger partial charge in [0.25, 0.3) is 0 Å². The van der Waals surface area contributed by atoms with E-state index in [-0.39, 0.29) is 5.75 Å². The lowest BCUT2D eigenvalue weighted by atomic mass is 9.64. The molecular formula is C13H16O7S. The largest absolute Gasteiger partial charge is 0.466 e. The first-order valence-electron chi connectivity index (χ1n) is 6.50. The summed E-state index contributed by atoms with van der Waals surface area (Å²) in [6.07, 6.45) is -3.40. The third-order valence-corrected chi connectivity index (χ3v) is 4.55. The van der Waals surface area contributed by atoms with Crippen LogP contribution < -0.4 is 4.74 Å². The van der Waals surface area contributed by atoms with E-state index in [0.29, 0.717) is 10.3 Å². The van der Waals surface area contributed by atoms with Crippen LogP contribution in [0.2, 0.25) is 0 Å². The molecule has 1 aliphatic heterocycles. The van der Waals surface area contributed by atoms with Crippen LogP contribution in [0.25, 0.3) is 0 Å². The lowest BCUT2D eigenvalue weighted by Gasteiger charge is -2.50. The average Bonchev–Trinajstić information content (AvgIpc) is 2.72. The molecule has 0 amide bonds. The Kier molecular flexibility index (Phi) is 3.55. The van der Waals surface area contributed by atoms with Gasteiger partial charge in [-0.3, -0.25) is 0 Å². The lowest BCUT2D eigenvalue weighted by Crippen LogP contribution is -2.71. The summed E-state index contributed by atoms with van der Waals surface area (Å²) >= 11 is 5.12. The maximum absolute atomic E-state index is 10.2. The van der Waals surface area contributed by atoms with Crippen molar-refractivity contribution in [2.24, 2.45) is 5.92 Å². The molecule has 2 fully saturated rings. The van der Waals surface area contributed by atoms with Crippen LogP contribution >= 0.6 is 12.2 Å². The lowest BCUT2D eigenvalue weighted by molar-refractivity contribution is -0.276. The number of ether oxygens (including phenoxy) is 2. The number of fused-ring (bicyclic) bond motifs is 1. The van der Waals surface area contributed by atoms with E-state index in [1.54, 1.807) is 6.92 Å². The first-order chi connectivity index (χ1) is 9.92. The summed E-state index contributed by atoms with van der Waals surface area (Å²) in [6, 6.07) is 1.53. The number of aryl methyl sites for hydroxylation is 1. The van der Waals surface area contributed by atoms with Gasteiger partial charge in [-0.2, -0.15) is 0 Å². The van der Waals surface area contributed by atoms with Gasteiger partial charge in [0.2, 0.25) is 6.29 Å². The van der Waals surface area contributed by atoms with Crippen LogP contribution in [0, 0.1) is 17.4 Å². The molecule has 1 saturated carbocycles. The minimum absolute atomic E-state index is 0.245. The number of hydrogen-bond donors (Lipinski definition) is 4. The van der Waals surface area contributed by atoms with Gasteiger partial charge in [0.05, 0.1) is 29.4 Å². The Morgan fingerprint density at radius 1 is 1.33 bits per heavy atom. The fourth-order valence-electron chi connectivity index (χ4n) is 3.04. The second-order valence-electron chi connectivity index (χ2n) is 5.34. The quantitative estimate of drug-likeness (QED) is 0.552. The van der Waals surface area contributed by atoms with Crippen molar-refractivity contribution in [2.75, 3.05) is 6.61 Å². The minimum atomic E-state index is -1.41. The molecule has 1 aliphatic carbocycles. The zero-order valence-corrected chi connectivity index (χ0v) is 12.0. The highest BCUT2D eigenvalue weighted by Crippen LogP contribution is 2.51. The topological polar surface area (TPSA) is 113 Å². The molecular weight excluding hydrogens is 300 g/mol. The molecule has 6 atom stereocenters. The molecule has 4 N–H and O–H groups in total. The van der Waals surface area contributed by atoms with Gasteiger partial charge in [0, 0.05) is 0 Å². The Morgan fingerprint density at radius 2 is 2.05 bits per heavy atom. The smallest absolute Gasteiger partial charge is 0.227 e. The van der Waals surface area contributed by atoms with Crippen molar-refractivity contribution in [2.45, 2.75) is 37.1 Å². The van der Waals surface area contributed by atoms with Crippen LogP contribution in [0.1, 0.15) is 5.76 Å². The number of aliphatic hydroxyl groups excluding tert-OH is 4. The van der Waals surface area contributed by atoms with Crippen LogP contribution in [0.5, 0.6) is 5.75 Å². The molecule has 6 unspecified atom stereocenters. The molecule has 2 aliphatic rings. The first kappa shape index (κ1) is 14.9. The number of aliphatic hydroxyl groups is 4. The number of rotatable bonds is 3. The third-order valence-electron chi connectivity index (χ3n) is 4.23. The van der Waals surface area contributed by atoms with Gasteiger partial charge in [-0.15, -0.1) is 0 Å². The molecule has 1 saturated heterocycles. The van der Waals surface area contributed by atoms with Gasteiger partial charge in [-0.25, -0.2) is 0 Å². The standard InChI is InChI=1S/C13H16O7S/c1-5-10(6(21)2-3-18-5)19-12-9(16)7-8(15)11(17)13(7,4-14)20-12/h2-3,7-9,11-12,14-17H,4H2,1H3. The van der Waals surface area contributed by atoms with Crippen molar-refractivity contribution in [3.05, 3.63) is 22.6 Å². The molecule has 1 aromatic heterocycles. The molecule has 3 rings (SSSR count). The van der Waals surface area contributed by atoms with Crippen molar-refractivity contribution in [3.63, 3.8) is 0 Å². The highest BCUT2D eigenvalue weighted by atomic mass is 32.1. The van der Waals surface area contributed by atoms with E-state index in [9.17, 15) is 20.4 Å². The second-order valence-corrected chi connectivity index (χ2v) is 5.78. The average molecular weight is 316 g/mol. The molecule has 116 valence electrons. The predicted molar refractivity (Wildman–Crippen MR) is 71.1 cm³/mol. The molecule has 0 radical (unpaired) electrons. The Bertz CT molecular complexity index is 602.